The predicted molar refractivity (Wildman–Crippen MR) is 82.5 cm³/mol. The van der Waals surface area contributed by atoms with Gasteiger partial charge in [-0.2, -0.15) is 0 Å². The molecule has 0 unspecified atom stereocenters. The molecule has 0 aliphatic heterocycles. The zero-order valence-electron chi connectivity index (χ0n) is 11.0. The first kappa shape index (κ1) is 13.3. The Hall–Kier alpha value is -1.17. The Morgan fingerprint density at radius 2 is 1.33 bits per heavy atom. The summed E-state index contributed by atoms with van der Waals surface area (Å²) < 4.78 is 0. The van der Waals surface area contributed by atoms with E-state index in [0.717, 1.165) is 0 Å². The lowest BCUT2D eigenvalue weighted by Gasteiger charge is -2.22. The van der Waals surface area contributed by atoms with Gasteiger partial charge in [0, 0.05) is 6.04 Å². The van der Waals surface area contributed by atoms with E-state index in [-0.39, 0.29) is 7.92 Å². The maximum Gasteiger partial charge on any atom is 0.00810 e. The van der Waals surface area contributed by atoms with Crippen molar-refractivity contribution in [3.05, 3.63) is 60.7 Å². The van der Waals surface area contributed by atoms with E-state index in [1.54, 1.807) is 0 Å². The van der Waals surface area contributed by atoms with Crippen LogP contribution in [-0.2, 0) is 0 Å². The van der Waals surface area contributed by atoms with Crippen LogP contribution in [0.2, 0.25) is 0 Å². The minimum absolute atomic E-state index is 0.259. The minimum atomic E-state index is -0.259. The molecule has 0 saturated carbocycles. The monoisotopic (exact) mass is 257 g/mol. The summed E-state index contributed by atoms with van der Waals surface area (Å²) in [6.07, 6.45) is 1.18. The fourth-order valence-electron chi connectivity index (χ4n) is 1.94. The number of hydrogen-bond donors (Lipinski definition) is 1. The normalized spacial score (nSPS) is 12.6. The van der Waals surface area contributed by atoms with Gasteiger partial charge in [-0.05, 0) is 38.7 Å². The molecule has 0 radical (unpaired) electrons. The Kier molecular flexibility index (Phi) is 4.92. The molecule has 0 fully saturated rings. The molecule has 0 aliphatic carbocycles. The second-order valence-electron chi connectivity index (χ2n) is 4.47. The zero-order valence-corrected chi connectivity index (χ0v) is 11.9. The quantitative estimate of drug-likeness (QED) is 0.812. The van der Waals surface area contributed by atoms with Crippen LogP contribution >= 0.6 is 7.92 Å². The molecule has 1 nitrogen and oxygen atoms in total. The van der Waals surface area contributed by atoms with E-state index in [4.69, 9.17) is 0 Å². The van der Waals surface area contributed by atoms with E-state index < -0.39 is 0 Å². The second-order valence-corrected chi connectivity index (χ2v) is 6.73. The molecule has 0 amide bonds. The van der Waals surface area contributed by atoms with Crippen molar-refractivity contribution in [2.45, 2.75) is 13.0 Å². The van der Waals surface area contributed by atoms with Gasteiger partial charge in [-0.1, -0.05) is 60.7 Å². The predicted octanol–water partition coefficient (Wildman–Crippen LogP) is 2.73. The third kappa shape index (κ3) is 3.41. The van der Waals surface area contributed by atoms with Gasteiger partial charge in [0.2, 0.25) is 0 Å². The summed E-state index contributed by atoms with van der Waals surface area (Å²) in [6, 6.07) is 22.3. The topological polar surface area (TPSA) is 12.0 Å². The summed E-state index contributed by atoms with van der Waals surface area (Å²) in [5.41, 5.74) is 0. The van der Waals surface area contributed by atoms with Crippen LogP contribution in [0.3, 0.4) is 0 Å². The number of benzene rings is 2. The van der Waals surface area contributed by atoms with Gasteiger partial charge in [-0.15, -0.1) is 0 Å². The van der Waals surface area contributed by atoms with Gasteiger partial charge < -0.3 is 5.32 Å². The molecule has 0 saturated heterocycles. The third-order valence-corrected chi connectivity index (χ3v) is 5.84. The minimum Gasteiger partial charge on any atom is -0.317 e. The molecule has 18 heavy (non-hydrogen) atoms. The lowest BCUT2D eigenvalue weighted by atomic mass is 10.4. The molecule has 2 aromatic rings. The highest BCUT2D eigenvalue weighted by molar-refractivity contribution is 7.73. The molecule has 0 aliphatic rings. The van der Waals surface area contributed by atoms with E-state index in [2.05, 4.69) is 72.9 Å². The Labute approximate surface area is 111 Å². The molecule has 0 aromatic heterocycles. The summed E-state index contributed by atoms with van der Waals surface area (Å²) in [5, 5.41) is 6.27. The second kappa shape index (κ2) is 6.68. The summed E-state index contributed by atoms with van der Waals surface area (Å²) in [7, 11) is 1.78. The van der Waals surface area contributed by atoms with Crippen LogP contribution in [-0.4, -0.2) is 19.3 Å². The average molecular weight is 257 g/mol. The van der Waals surface area contributed by atoms with E-state index >= 15 is 0 Å². The van der Waals surface area contributed by atoms with Crippen molar-refractivity contribution in [2.75, 3.05) is 13.2 Å². The molecule has 0 bridgehead atoms. The molecular formula is C16H20NP. The van der Waals surface area contributed by atoms with E-state index in [1.807, 2.05) is 7.05 Å². The van der Waals surface area contributed by atoms with Crippen molar-refractivity contribution in [1.29, 1.82) is 0 Å². The summed E-state index contributed by atoms with van der Waals surface area (Å²) in [5.74, 6) is 0. The van der Waals surface area contributed by atoms with Crippen LogP contribution in [0, 0.1) is 0 Å². The van der Waals surface area contributed by atoms with Crippen LogP contribution in [0.4, 0.5) is 0 Å². The molecule has 2 aromatic carbocycles. The first-order valence-corrected chi connectivity index (χ1v) is 7.89. The van der Waals surface area contributed by atoms with Crippen LogP contribution in [0.15, 0.2) is 60.7 Å². The highest BCUT2D eigenvalue weighted by Crippen LogP contribution is 2.33. The van der Waals surface area contributed by atoms with Crippen LogP contribution in [0.25, 0.3) is 0 Å². The van der Waals surface area contributed by atoms with Crippen molar-refractivity contribution in [3.8, 4) is 0 Å². The van der Waals surface area contributed by atoms with Crippen molar-refractivity contribution in [3.63, 3.8) is 0 Å². The Bertz CT molecular complexity index is 416. The van der Waals surface area contributed by atoms with Gasteiger partial charge in [0.1, 0.15) is 0 Å². The van der Waals surface area contributed by atoms with Gasteiger partial charge >= 0.3 is 0 Å². The van der Waals surface area contributed by atoms with E-state index in [1.165, 1.54) is 16.8 Å². The van der Waals surface area contributed by atoms with Crippen molar-refractivity contribution < 1.29 is 0 Å². The fourth-order valence-corrected chi connectivity index (χ4v) is 4.46. The van der Waals surface area contributed by atoms with Gasteiger partial charge in [-0.25, -0.2) is 0 Å². The lowest BCUT2D eigenvalue weighted by Crippen LogP contribution is -2.28. The number of rotatable bonds is 5. The fraction of sp³-hybridized carbons (Fsp3) is 0.250. The maximum atomic E-state index is 3.35. The van der Waals surface area contributed by atoms with Crippen LogP contribution in [0.1, 0.15) is 6.92 Å². The molecule has 1 N–H and O–H groups in total. The molecule has 1 atom stereocenters. The Morgan fingerprint density at radius 1 is 0.889 bits per heavy atom. The smallest absolute Gasteiger partial charge is 0.00810 e. The average Bonchev–Trinajstić information content (AvgIpc) is 2.46. The molecule has 0 heterocycles. The number of hydrogen-bond acceptors (Lipinski definition) is 1. The molecule has 2 rings (SSSR count). The number of nitrogens with one attached hydrogen (secondary N) is 1. The lowest BCUT2D eigenvalue weighted by molar-refractivity contribution is 0.675. The Balaban J connectivity index is 2.29. The summed E-state index contributed by atoms with van der Waals surface area (Å²) in [4.78, 5) is 0. The highest BCUT2D eigenvalue weighted by atomic mass is 31.1. The summed E-state index contributed by atoms with van der Waals surface area (Å²) in [6.45, 7) is 2.25. The van der Waals surface area contributed by atoms with Crippen LogP contribution in [0.5, 0.6) is 0 Å². The zero-order chi connectivity index (χ0) is 12.8. The Morgan fingerprint density at radius 3 is 1.72 bits per heavy atom. The first-order valence-electron chi connectivity index (χ1n) is 6.36. The molecular weight excluding hydrogens is 237 g/mol. The van der Waals surface area contributed by atoms with E-state index in [0.29, 0.717) is 6.04 Å². The maximum absolute atomic E-state index is 3.35. The van der Waals surface area contributed by atoms with Crippen molar-refractivity contribution >= 4 is 18.5 Å². The summed E-state index contributed by atoms with van der Waals surface area (Å²) >= 11 is 0. The largest absolute Gasteiger partial charge is 0.317 e. The molecule has 2 heteroatoms. The SMILES string of the molecule is CN[C@H](C)CP(c1ccccc1)c1ccccc1. The van der Waals surface area contributed by atoms with Gasteiger partial charge in [0.05, 0.1) is 0 Å². The van der Waals surface area contributed by atoms with Gasteiger partial charge in [0.15, 0.2) is 0 Å². The van der Waals surface area contributed by atoms with Gasteiger partial charge in [-0.3, -0.25) is 0 Å². The van der Waals surface area contributed by atoms with E-state index in [9.17, 15) is 0 Å². The van der Waals surface area contributed by atoms with Crippen molar-refractivity contribution in [1.82, 2.24) is 5.32 Å². The third-order valence-electron chi connectivity index (χ3n) is 3.08. The standard InChI is InChI=1S/C16H20NP/c1-14(17-2)13-18(15-9-5-3-6-10-15)16-11-7-4-8-12-16/h3-12,14,17H,13H2,1-2H3/t14-/m1/s1. The molecule has 94 valence electrons. The van der Waals surface area contributed by atoms with Crippen LogP contribution < -0.4 is 15.9 Å². The first-order chi connectivity index (χ1) is 8.81. The highest BCUT2D eigenvalue weighted by Gasteiger charge is 2.15. The van der Waals surface area contributed by atoms with Gasteiger partial charge in [0.25, 0.3) is 0 Å². The van der Waals surface area contributed by atoms with Crippen molar-refractivity contribution in [2.24, 2.45) is 0 Å². The molecule has 0 spiro atoms.